The van der Waals surface area contributed by atoms with Crippen molar-refractivity contribution < 1.29 is 4.39 Å². The standard InChI is InChI=1S/C22H22FN7/c23-17-5-2-1-4-16(17)15-9-11-29(13-15)21-25-20-6-3-10-30(20)22(26-21)24-19-12-18(27-28-19)14-7-8-14/h1-6,10,12,14-15H,7-9,11,13H2,(H2,24,25,26,27,28). The Bertz CT molecular complexity index is 1210. The summed E-state index contributed by atoms with van der Waals surface area (Å²) < 4.78 is 16.2. The number of halogens is 1. The molecule has 2 fully saturated rings. The lowest BCUT2D eigenvalue weighted by Crippen LogP contribution is -2.23. The summed E-state index contributed by atoms with van der Waals surface area (Å²) in [4.78, 5) is 11.7. The van der Waals surface area contributed by atoms with Gasteiger partial charge in [0.2, 0.25) is 11.9 Å². The molecule has 2 N–H and O–H groups in total. The third-order valence-electron chi connectivity index (χ3n) is 6.05. The summed E-state index contributed by atoms with van der Waals surface area (Å²) in [5.74, 6) is 2.69. The number of fused-ring (bicyclic) bond motifs is 1. The van der Waals surface area contributed by atoms with Crippen molar-refractivity contribution in [2.45, 2.75) is 31.1 Å². The first-order valence-electron chi connectivity index (χ1n) is 10.4. The number of aromatic amines is 1. The van der Waals surface area contributed by atoms with Gasteiger partial charge in [0, 0.05) is 42.9 Å². The van der Waals surface area contributed by atoms with E-state index in [1.165, 1.54) is 24.6 Å². The van der Waals surface area contributed by atoms with Crippen LogP contribution >= 0.6 is 0 Å². The summed E-state index contributed by atoms with van der Waals surface area (Å²) in [6.45, 7) is 1.50. The van der Waals surface area contributed by atoms with Gasteiger partial charge in [-0.2, -0.15) is 15.1 Å². The van der Waals surface area contributed by atoms with Gasteiger partial charge in [-0.15, -0.1) is 0 Å². The number of aromatic nitrogens is 5. The third-order valence-corrected chi connectivity index (χ3v) is 6.05. The Morgan fingerprint density at radius 1 is 1.03 bits per heavy atom. The van der Waals surface area contributed by atoms with Gasteiger partial charge in [-0.25, -0.2) is 4.39 Å². The average Bonchev–Trinajstić information content (AvgIpc) is 3.15. The topological polar surface area (TPSA) is 74.1 Å². The molecule has 1 aromatic carbocycles. The fourth-order valence-corrected chi connectivity index (χ4v) is 4.27. The van der Waals surface area contributed by atoms with E-state index in [-0.39, 0.29) is 11.7 Å². The molecule has 4 aromatic rings. The van der Waals surface area contributed by atoms with Gasteiger partial charge in [-0.05, 0) is 43.0 Å². The smallest absolute Gasteiger partial charge is 0.230 e. The highest BCUT2D eigenvalue weighted by Crippen LogP contribution is 2.39. The van der Waals surface area contributed by atoms with Crippen LogP contribution in [0.25, 0.3) is 5.65 Å². The molecule has 1 aliphatic heterocycles. The Morgan fingerprint density at radius 2 is 1.93 bits per heavy atom. The first-order valence-corrected chi connectivity index (χ1v) is 10.4. The zero-order chi connectivity index (χ0) is 20.1. The van der Waals surface area contributed by atoms with E-state index < -0.39 is 0 Å². The largest absolute Gasteiger partial charge is 0.340 e. The normalized spacial score (nSPS) is 19.0. The van der Waals surface area contributed by atoms with Gasteiger partial charge < -0.3 is 10.2 Å². The highest BCUT2D eigenvalue weighted by Gasteiger charge is 2.28. The van der Waals surface area contributed by atoms with Crippen LogP contribution in [0, 0.1) is 5.82 Å². The van der Waals surface area contributed by atoms with Crippen molar-refractivity contribution in [2.75, 3.05) is 23.3 Å². The summed E-state index contributed by atoms with van der Waals surface area (Å²) in [6, 6.07) is 13.0. The molecule has 7 nitrogen and oxygen atoms in total. The summed E-state index contributed by atoms with van der Waals surface area (Å²) in [5.41, 5.74) is 2.75. The predicted molar refractivity (Wildman–Crippen MR) is 113 cm³/mol. The van der Waals surface area contributed by atoms with Crippen LogP contribution < -0.4 is 10.2 Å². The van der Waals surface area contributed by atoms with Crippen LogP contribution in [0.3, 0.4) is 0 Å². The zero-order valence-corrected chi connectivity index (χ0v) is 16.4. The second-order valence-corrected chi connectivity index (χ2v) is 8.14. The number of hydrogen-bond acceptors (Lipinski definition) is 5. The molecule has 8 heteroatoms. The maximum absolute atomic E-state index is 14.2. The minimum absolute atomic E-state index is 0.139. The Balaban J connectivity index is 1.29. The molecular formula is C22H22FN7. The molecule has 1 aliphatic carbocycles. The predicted octanol–water partition coefficient (Wildman–Crippen LogP) is 4.21. The van der Waals surface area contributed by atoms with Crippen molar-refractivity contribution in [3.63, 3.8) is 0 Å². The molecule has 0 radical (unpaired) electrons. The zero-order valence-electron chi connectivity index (χ0n) is 16.4. The van der Waals surface area contributed by atoms with Gasteiger partial charge >= 0.3 is 0 Å². The molecule has 1 unspecified atom stereocenters. The number of nitrogens with one attached hydrogen (secondary N) is 2. The fourth-order valence-electron chi connectivity index (χ4n) is 4.27. The van der Waals surface area contributed by atoms with Crippen LogP contribution in [0.2, 0.25) is 0 Å². The van der Waals surface area contributed by atoms with Crippen molar-refractivity contribution in [1.29, 1.82) is 0 Å². The van der Waals surface area contributed by atoms with E-state index in [0.717, 1.165) is 30.0 Å². The van der Waals surface area contributed by atoms with Gasteiger partial charge in [0.05, 0.1) is 0 Å². The van der Waals surface area contributed by atoms with Gasteiger partial charge in [-0.1, -0.05) is 18.2 Å². The van der Waals surface area contributed by atoms with Crippen molar-refractivity contribution >= 4 is 23.4 Å². The van der Waals surface area contributed by atoms with E-state index in [1.807, 2.05) is 34.9 Å². The Morgan fingerprint density at radius 3 is 2.80 bits per heavy atom. The quantitative estimate of drug-likeness (QED) is 0.522. The van der Waals surface area contributed by atoms with Gasteiger partial charge in [-0.3, -0.25) is 9.50 Å². The number of hydrogen-bond donors (Lipinski definition) is 2. The number of rotatable bonds is 5. The molecule has 6 rings (SSSR count). The molecule has 2 aliphatic rings. The molecule has 0 spiro atoms. The molecule has 152 valence electrons. The van der Waals surface area contributed by atoms with Crippen LogP contribution in [0.1, 0.15) is 42.4 Å². The van der Waals surface area contributed by atoms with Crippen molar-refractivity contribution in [3.8, 4) is 0 Å². The molecule has 4 heterocycles. The Kier molecular flexibility index (Phi) is 3.97. The van der Waals surface area contributed by atoms with Crippen molar-refractivity contribution in [3.05, 3.63) is 65.7 Å². The van der Waals surface area contributed by atoms with Crippen LogP contribution in [0.15, 0.2) is 48.7 Å². The number of benzene rings is 1. The van der Waals surface area contributed by atoms with Crippen molar-refractivity contribution in [2.24, 2.45) is 0 Å². The summed E-state index contributed by atoms with van der Waals surface area (Å²) in [5, 5.41) is 10.8. The SMILES string of the molecule is Fc1ccccc1C1CCN(c2nc(Nc3cc(C4CC4)[nH]n3)n3cccc3n2)C1. The first kappa shape index (κ1) is 17.4. The van der Waals surface area contributed by atoms with Crippen LogP contribution in [-0.2, 0) is 0 Å². The van der Waals surface area contributed by atoms with Crippen LogP contribution in [-0.4, -0.2) is 37.7 Å². The molecule has 1 saturated heterocycles. The maximum atomic E-state index is 14.2. The van der Waals surface area contributed by atoms with E-state index in [4.69, 9.17) is 9.97 Å². The minimum Gasteiger partial charge on any atom is -0.340 e. The lowest BCUT2D eigenvalue weighted by atomic mass is 9.98. The van der Waals surface area contributed by atoms with Gasteiger partial charge in [0.15, 0.2) is 5.82 Å². The lowest BCUT2D eigenvalue weighted by molar-refractivity contribution is 0.589. The van der Waals surface area contributed by atoms with Crippen LogP contribution in [0.4, 0.5) is 22.1 Å². The summed E-state index contributed by atoms with van der Waals surface area (Å²) in [6.07, 6.45) is 5.25. The second kappa shape index (κ2) is 6.83. The Labute approximate surface area is 173 Å². The molecule has 0 bridgehead atoms. The van der Waals surface area contributed by atoms with E-state index >= 15 is 0 Å². The van der Waals surface area contributed by atoms with E-state index in [9.17, 15) is 4.39 Å². The van der Waals surface area contributed by atoms with Crippen molar-refractivity contribution in [1.82, 2.24) is 24.6 Å². The molecular weight excluding hydrogens is 381 g/mol. The van der Waals surface area contributed by atoms with Crippen LogP contribution in [0.5, 0.6) is 0 Å². The highest BCUT2D eigenvalue weighted by atomic mass is 19.1. The average molecular weight is 403 g/mol. The molecule has 1 atom stereocenters. The minimum atomic E-state index is -0.139. The highest BCUT2D eigenvalue weighted by molar-refractivity contribution is 5.57. The molecule has 1 saturated carbocycles. The first-order chi connectivity index (χ1) is 14.7. The van der Waals surface area contributed by atoms with Gasteiger partial charge in [0.25, 0.3) is 0 Å². The van der Waals surface area contributed by atoms with Gasteiger partial charge in [0.1, 0.15) is 11.5 Å². The van der Waals surface area contributed by atoms with E-state index in [2.05, 4.69) is 26.5 Å². The molecule has 30 heavy (non-hydrogen) atoms. The lowest BCUT2D eigenvalue weighted by Gasteiger charge is -2.18. The van der Waals surface area contributed by atoms with E-state index in [0.29, 0.717) is 24.4 Å². The van der Waals surface area contributed by atoms with E-state index in [1.54, 1.807) is 6.07 Å². The molecule has 3 aromatic heterocycles. The number of H-pyrrole nitrogens is 1. The fraction of sp³-hybridized carbons (Fsp3) is 0.318. The summed E-state index contributed by atoms with van der Waals surface area (Å²) in [7, 11) is 0. The summed E-state index contributed by atoms with van der Waals surface area (Å²) >= 11 is 0. The number of nitrogens with zero attached hydrogens (tertiary/aromatic N) is 5. The third kappa shape index (κ3) is 3.08. The maximum Gasteiger partial charge on any atom is 0.230 e. The number of anilines is 3. The monoisotopic (exact) mass is 403 g/mol. The Hall–Kier alpha value is -3.42. The molecule has 0 amide bonds. The second-order valence-electron chi connectivity index (χ2n) is 8.14.